The highest BCUT2D eigenvalue weighted by Crippen LogP contribution is 2.35. The Balaban J connectivity index is 2.25. The number of carbonyl (C=O) groups is 1. The van der Waals surface area contributed by atoms with Crippen LogP contribution < -0.4 is 4.74 Å². The normalized spacial score (nSPS) is 10.6. The van der Waals surface area contributed by atoms with E-state index in [-0.39, 0.29) is 34.6 Å². The van der Waals surface area contributed by atoms with Gasteiger partial charge in [0.05, 0.1) is 18.2 Å². The Kier molecular flexibility index (Phi) is 4.33. The van der Waals surface area contributed by atoms with Crippen molar-refractivity contribution in [3.63, 3.8) is 0 Å². The van der Waals surface area contributed by atoms with Crippen LogP contribution >= 0.6 is 0 Å². The van der Waals surface area contributed by atoms with Crippen molar-refractivity contribution in [2.75, 3.05) is 6.61 Å². The highest BCUT2D eigenvalue weighted by Gasteiger charge is 2.22. The number of hydrogen-bond acceptors (Lipinski definition) is 5. The molecule has 2 heterocycles. The summed E-state index contributed by atoms with van der Waals surface area (Å²) in [5.74, 6) is -2.13. The van der Waals surface area contributed by atoms with Crippen molar-refractivity contribution >= 4 is 16.9 Å². The summed E-state index contributed by atoms with van der Waals surface area (Å²) in [6.07, 6.45) is 4.02. The second-order valence-corrected chi connectivity index (χ2v) is 4.77. The molecule has 0 amide bonds. The summed E-state index contributed by atoms with van der Waals surface area (Å²) in [7, 11) is 0. The molecule has 0 N–H and O–H groups in total. The first-order chi connectivity index (χ1) is 11.6. The number of carbonyl (C=O) groups excluding carboxylic acids is 1. The van der Waals surface area contributed by atoms with E-state index in [2.05, 4.69) is 9.97 Å². The summed E-state index contributed by atoms with van der Waals surface area (Å²) >= 11 is 0. The van der Waals surface area contributed by atoms with E-state index < -0.39 is 17.6 Å². The van der Waals surface area contributed by atoms with Gasteiger partial charge in [0.15, 0.2) is 5.75 Å². The molecule has 0 saturated carbocycles. The van der Waals surface area contributed by atoms with E-state index in [1.807, 2.05) is 0 Å². The largest absolute Gasteiger partial charge is 0.462 e. The van der Waals surface area contributed by atoms with Gasteiger partial charge in [0.25, 0.3) is 0 Å². The second kappa shape index (κ2) is 6.57. The van der Waals surface area contributed by atoms with Crippen molar-refractivity contribution in [1.29, 1.82) is 0 Å². The summed E-state index contributed by atoms with van der Waals surface area (Å²) in [6.45, 7) is 1.75. The van der Waals surface area contributed by atoms with Gasteiger partial charge in [-0.1, -0.05) is 0 Å². The fourth-order valence-electron chi connectivity index (χ4n) is 2.19. The Morgan fingerprint density at radius 3 is 2.67 bits per heavy atom. The lowest BCUT2D eigenvalue weighted by Crippen LogP contribution is -2.08. The molecule has 122 valence electrons. The van der Waals surface area contributed by atoms with Crippen molar-refractivity contribution < 1.29 is 23.0 Å². The van der Waals surface area contributed by atoms with Gasteiger partial charge >= 0.3 is 5.97 Å². The number of hydrogen-bond donors (Lipinski definition) is 0. The van der Waals surface area contributed by atoms with Crippen LogP contribution in [0.25, 0.3) is 10.9 Å². The zero-order valence-electron chi connectivity index (χ0n) is 12.6. The van der Waals surface area contributed by atoms with Gasteiger partial charge < -0.3 is 9.47 Å². The highest BCUT2D eigenvalue weighted by molar-refractivity contribution is 6.00. The van der Waals surface area contributed by atoms with Gasteiger partial charge in [-0.15, -0.1) is 0 Å². The maximum atomic E-state index is 14.3. The topological polar surface area (TPSA) is 61.3 Å². The first-order valence-corrected chi connectivity index (χ1v) is 7.13. The van der Waals surface area contributed by atoms with E-state index in [4.69, 9.17) is 9.47 Å². The first-order valence-electron chi connectivity index (χ1n) is 7.13. The molecule has 7 heteroatoms. The molecule has 5 nitrogen and oxygen atoms in total. The summed E-state index contributed by atoms with van der Waals surface area (Å²) in [6, 6.07) is 5.10. The van der Waals surface area contributed by atoms with Gasteiger partial charge in [0.1, 0.15) is 28.5 Å². The SMILES string of the molecule is CCOC(=O)c1cnc2c(F)ccc(F)c2c1Oc1cccnc1. The molecule has 0 aliphatic heterocycles. The summed E-state index contributed by atoms with van der Waals surface area (Å²) in [5.41, 5.74) is -0.334. The molecule has 0 aliphatic rings. The van der Waals surface area contributed by atoms with Gasteiger partial charge in [-0.2, -0.15) is 0 Å². The Morgan fingerprint density at radius 2 is 1.96 bits per heavy atom. The van der Waals surface area contributed by atoms with Crippen LogP contribution in [0.3, 0.4) is 0 Å². The van der Waals surface area contributed by atoms with E-state index in [0.29, 0.717) is 0 Å². The summed E-state index contributed by atoms with van der Waals surface area (Å²) < 4.78 is 38.8. The van der Waals surface area contributed by atoms with Gasteiger partial charge in [0.2, 0.25) is 0 Å². The zero-order valence-corrected chi connectivity index (χ0v) is 12.6. The van der Waals surface area contributed by atoms with Crippen LogP contribution in [-0.2, 0) is 4.74 Å². The third-order valence-electron chi connectivity index (χ3n) is 3.22. The van der Waals surface area contributed by atoms with Crippen LogP contribution in [0.2, 0.25) is 0 Å². The molecule has 0 aliphatic carbocycles. The molecule has 0 fully saturated rings. The van der Waals surface area contributed by atoms with Crippen molar-refractivity contribution in [3.8, 4) is 11.5 Å². The lowest BCUT2D eigenvalue weighted by molar-refractivity contribution is 0.0523. The van der Waals surface area contributed by atoms with Gasteiger partial charge in [-0.25, -0.2) is 13.6 Å². The molecule has 0 atom stereocenters. The van der Waals surface area contributed by atoms with Crippen molar-refractivity contribution in [1.82, 2.24) is 9.97 Å². The van der Waals surface area contributed by atoms with Crippen LogP contribution in [0.1, 0.15) is 17.3 Å². The minimum Gasteiger partial charge on any atom is -0.462 e. The number of ether oxygens (including phenoxy) is 2. The molecule has 0 radical (unpaired) electrons. The number of benzene rings is 1. The van der Waals surface area contributed by atoms with Crippen molar-refractivity contribution in [2.45, 2.75) is 6.92 Å². The predicted molar refractivity (Wildman–Crippen MR) is 81.9 cm³/mol. The maximum Gasteiger partial charge on any atom is 0.343 e. The van der Waals surface area contributed by atoms with E-state index in [0.717, 1.165) is 18.3 Å². The third kappa shape index (κ3) is 2.88. The van der Waals surface area contributed by atoms with Crippen molar-refractivity contribution in [2.24, 2.45) is 0 Å². The maximum absolute atomic E-state index is 14.3. The first kappa shape index (κ1) is 15.8. The molecule has 2 aromatic heterocycles. The van der Waals surface area contributed by atoms with Crippen LogP contribution in [0.15, 0.2) is 42.9 Å². The van der Waals surface area contributed by atoms with Gasteiger partial charge in [-0.05, 0) is 31.2 Å². The van der Waals surface area contributed by atoms with Crippen molar-refractivity contribution in [3.05, 3.63) is 60.1 Å². The Hall–Kier alpha value is -3.09. The summed E-state index contributed by atoms with van der Waals surface area (Å²) in [5, 5.41) is -0.232. The van der Waals surface area contributed by atoms with E-state index in [9.17, 15) is 13.6 Å². The smallest absolute Gasteiger partial charge is 0.343 e. The highest BCUT2D eigenvalue weighted by atomic mass is 19.1. The molecule has 3 aromatic rings. The van der Waals surface area contributed by atoms with E-state index in [1.54, 1.807) is 19.1 Å². The molecule has 0 saturated heterocycles. The Labute approximate surface area is 135 Å². The molecule has 1 aromatic carbocycles. The molecular weight excluding hydrogens is 318 g/mol. The van der Waals surface area contributed by atoms with E-state index >= 15 is 0 Å². The molecule has 24 heavy (non-hydrogen) atoms. The Morgan fingerprint density at radius 1 is 1.17 bits per heavy atom. The van der Waals surface area contributed by atoms with E-state index in [1.165, 1.54) is 12.4 Å². The number of halogens is 2. The second-order valence-electron chi connectivity index (χ2n) is 4.77. The number of esters is 1. The molecule has 3 rings (SSSR count). The Bertz CT molecular complexity index is 901. The lowest BCUT2D eigenvalue weighted by Gasteiger charge is -2.13. The number of nitrogens with zero attached hydrogens (tertiary/aromatic N) is 2. The van der Waals surface area contributed by atoms with Crippen LogP contribution in [0.5, 0.6) is 11.5 Å². The van der Waals surface area contributed by atoms with Crippen LogP contribution in [-0.4, -0.2) is 22.5 Å². The van der Waals surface area contributed by atoms with Crippen LogP contribution in [0, 0.1) is 11.6 Å². The number of pyridine rings is 2. The van der Waals surface area contributed by atoms with Gasteiger partial charge in [0, 0.05) is 12.4 Å². The lowest BCUT2D eigenvalue weighted by atomic mass is 10.1. The fourth-order valence-corrected chi connectivity index (χ4v) is 2.19. The molecule has 0 bridgehead atoms. The average Bonchev–Trinajstić information content (AvgIpc) is 2.59. The zero-order chi connectivity index (χ0) is 17.1. The quantitative estimate of drug-likeness (QED) is 0.680. The standard InChI is InChI=1S/C17H12F2N2O3/c1-2-23-17(22)11-9-21-15-13(19)6-5-12(18)14(15)16(11)24-10-4-3-7-20-8-10/h3-9H,2H2,1H3. The third-order valence-corrected chi connectivity index (χ3v) is 3.22. The van der Waals surface area contributed by atoms with Crippen LogP contribution in [0.4, 0.5) is 8.78 Å². The minimum absolute atomic E-state index is 0.0993. The predicted octanol–water partition coefficient (Wildman–Crippen LogP) is 3.88. The average molecular weight is 330 g/mol. The number of fused-ring (bicyclic) bond motifs is 1. The fraction of sp³-hybridized carbons (Fsp3) is 0.118. The molecule has 0 spiro atoms. The summed E-state index contributed by atoms with van der Waals surface area (Å²) in [4.78, 5) is 19.8. The molecular formula is C17H12F2N2O3. The minimum atomic E-state index is -0.760. The number of aromatic nitrogens is 2. The molecule has 0 unspecified atom stereocenters. The monoisotopic (exact) mass is 330 g/mol. The van der Waals surface area contributed by atoms with Gasteiger partial charge in [-0.3, -0.25) is 9.97 Å². The number of rotatable bonds is 4.